The third kappa shape index (κ3) is 4.20. The normalized spacial score (nSPS) is 24.8. The molecule has 0 radical (unpaired) electrons. The topological polar surface area (TPSA) is 77.7 Å². The Kier molecular flexibility index (Phi) is 5.31. The van der Waals surface area contributed by atoms with Gasteiger partial charge in [-0.05, 0) is 44.4 Å². The molecular formula is C18H27N3O4. The summed E-state index contributed by atoms with van der Waals surface area (Å²) in [6.45, 7) is 3.89. The summed E-state index contributed by atoms with van der Waals surface area (Å²) in [5.74, 6) is 2.37. The maximum atomic E-state index is 12.4. The van der Waals surface area contributed by atoms with E-state index in [2.05, 4.69) is 10.1 Å². The smallest absolute Gasteiger partial charge is 0.249 e. The van der Waals surface area contributed by atoms with Crippen molar-refractivity contribution in [2.24, 2.45) is 11.8 Å². The average molecular weight is 349 g/mol. The number of hydrogen-bond acceptors (Lipinski definition) is 6. The van der Waals surface area contributed by atoms with Crippen LogP contribution in [0.15, 0.2) is 4.52 Å². The minimum atomic E-state index is -0.0301. The van der Waals surface area contributed by atoms with E-state index in [1.54, 1.807) is 0 Å². The van der Waals surface area contributed by atoms with Crippen LogP contribution in [0.4, 0.5) is 0 Å². The van der Waals surface area contributed by atoms with Crippen LogP contribution in [0.1, 0.15) is 56.3 Å². The zero-order chi connectivity index (χ0) is 17.1. The maximum Gasteiger partial charge on any atom is 0.249 e. The molecule has 0 aromatic carbocycles. The molecule has 0 N–H and O–H groups in total. The predicted octanol–water partition coefficient (Wildman–Crippen LogP) is 2.13. The lowest BCUT2D eigenvalue weighted by molar-refractivity contribution is -0.133. The third-order valence-corrected chi connectivity index (χ3v) is 5.40. The highest BCUT2D eigenvalue weighted by atomic mass is 16.5. The molecule has 4 rings (SSSR count). The summed E-state index contributed by atoms with van der Waals surface area (Å²) in [6, 6.07) is -0.0301. The van der Waals surface area contributed by atoms with Crippen LogP contribution in [-0.2, 0) is 20.7 Å². The molecule has 138 valence electrons. The maximum absolute atomic E-state index is 12.4. The fourth-order valence-corrected chi connectivity index (χ4v) is 3.68. The number of amides is 1. The molecule has 25 heavy (non-hydrogen) atoms. The second-order valence-corrected chi connectivity index (χ2v) is 7.39. The minimum Gasteiger partial charge on any atom is -0.381 e. The molecule has 2 aliphatic heterocycles. The zero-order valence-electron chi connectivity index (χ0n) is 14.7. The van der Waals surface area contributed by atoms with Crippen LogP contribution < -0.4 is 0 Å². The predicted molar refractivity (Wildman–Crippen MR) is 88.8 cm³/mol. The van der Waals surface area contributed by atoms with E-state index in [0.29, 0.717) is 30.7 Å². The van der Waals surface area contributed by atoms with Crippen molar-refractivity contribution in [3.8, 4) is 0 Å². The molecule has 3 aliphatic rings. The van der Waals surface area contributed by atoms with Crippen molar-refractivity contribution < 1.29 is 18.8 Å². The number of likely N-dealkylation sites (tertiary alicyclic amines) is 1. The average Bonchev–Trinajstić information content (AvgIpc) is 3.19. The van der Waals surface area contributed by atoms with Crippen LogP contribution in [0.25, 0.3) is 0 Å². The van der Waals surface area contributed by atoms with Gasteiger partial charge in [0.2, 0.25) is 11.8 Å². The second-order valence-electron chi connectivity index (χ2n) is 7.39. The summed E-state index contributed by atoms with van der Waals surface area (Å²) in [6.07, 6.45) is 6.80. The van der Waals surface area contributed by atoms with Gasteiger partial charge in [-0.25, -0.2) is 0 Å². The molecule has 7 nitrogen and oxygen atoms in total. The van der Waals surface area contributed by atoms with Crippen LogP contribution in [0.3, 0.4) is 0 Å². The van der Waals surface area contributed by atoms with Crippen molar-refractivity contribution in [3.05, 3.63) is 11.7 Å². The van der Waals surface area contributed by atoms with Crippen molar-refractivity contribution in [3.63, 3.8) is 0 Å². The standard InChI is InChI=1S/C18H27N3O4/c22-18(14-3-4-14)21-8-1-2-15(21)17-19-16(20-25-17)7-11-24-12-13-5-9-23-10-6-13/h13-15H,1-12H2. The van der Waals surface area contributed by atoms with Gasteiger partial charge in [0.15, 0.2) is 5.82 Å². The lowest BCUT2D eigenvalue weighted by Gasteiger charge is -2.21. The van der Waals surface area contributed by atoms with Gasteiger partial charge in [-0.2, -0.15) is 4.98 Å². The molecule has 1 atom stereocenters. The molecule has 1 unspecified atom stereocenters. The lowest BCUT2D eigenvalue weighted by atomic mass is 10.0. The van der Waals surface area contributed by atoms with Gasteiger partial charge < -0.3 is 18.9 Å². The van der Waals surface area contributed by atoms with Gasteiger partial charge in [-0.3, -0.25) is 4.79 Å². The Morgan fingerprint density at radius 2 is 2.04 bits per heavy atom. The van der Waals surface area contributed by atoms with Crippen LogP contribution in [-0.4, -0.2) is 53.9 Å². The highest BCUT2D eigenvalue weighted by molar-refractivity contribution is 5.81. The lowest BCUT2D eigenvalue weighted by Crippen LogP contribution is -2.31. The first kappa shape index (κ1) is 17.0. The van der Waals surface area contributed by atoms with E-state index >= 15 is 0 Å². The molecule has 1 aliphatic carbocycles. The highest BCUT2D eigenvalue weighted by Crippen LogP contribution is 2.38. The van der Waals surface area contributed by atoms with Crippen molar-refractivity contribution in [2.75, 3.05) is 33.0 Å². The Hall–Kier alpha value is -1.47. The van der Waals surface area contributed by atoms with Gasteiger partial charge >= 0.3 is 0 Å². The van der Waals surface area contributed by atoms with Crippen molar-refractivity contribution in [1.29, 1.82) is 0 Å². The van der Waals surface area contributed by atoms with E-state index in [9.17, 15) is 4.79 Å². The molecule has 7 heteroatoms. The van der Waals surface area contributed by atoms with Crippen LogP contribution in [0.2, 0.25) is 0 Å². The minimum absolute atomic E-state index is 0.0301. The number of nitrogens with zero attached hydrogens (tertiary/aromatic N) is 3. The number of rotatable bonds is 7. The Morgan fingerprint density at radius 1 is 1.20 bits per heavy atom. The molecule has 3 fully saturated rings. The first-order valence-corrected chi connectivity index (χ1v) is 9.59. The fourth-order valence-electron chi connectivity index (χ4n) is 3.68. The van der Waals surface area contributed by atoms with Gasteiger partial charge in [0.1, 0.15) is 6.04 Å². The van der Waals surface area contributed by atoms with Gasteiger partial charge in [-0.15, -0.1) is 0 Å². The number of hydrogen-bond donors (Lipinski definition) is 0. The van der Waals surface area contributed by atoms with Crippen molar-refractivity contribution in [2.45, 2.75) is 51.0 Å². The van der Waals surface area contributed by atoms with E-state index in [4.69, 9.17) is 14.0 Å². The fraction of sp³-hybridized carbons (Fsp3) is 0.833. The summed E-state index contributed by atoms with van der Waals surface area (Å²) < 4.78 is 16.6. The molecule has 0 bridgehead atoms. The molecule has 3 heterocycles. The second kappa shape index (κ2) is 7.83. The molecule has 2 saturated heterocycles. The Labute approximate surface area is 148 Å². The SMILES string of the molecule is O=C(C1CC1)N1CCCC1c1nc(CCOCC2CCOCC2)no1. The van der Waals surface area contributed by atoms with E-state index in [0.717, 1.165) is 64.9 Å². The molecule has 1 aromatic rings. The van der Waals surface area contributed by atoms with Gasteiger partial charge in [0.05, 0.1) is 6.61 Å². The van der Waals surface area contributed by atoms with Crippen molar-refractivity contribution >= 4 is 5.91 Å². The summed E-state index contributed by atoms with van der Waals surface area (Å²) in [5, 5.41) is 4.08. The molecule has 0 spiro atoms. The summed E-state index contributed by atoms with van der Waals surface area (Å²) >= 11 is 0. The quantitative estimate of drug-likeness (QED) is 0.702. The zero-order valence-corrected chi connectivity index (χ0v) is 14.7. The Balaban J connectivity index is 1.24. The summed E-state index contributed by atoms with van der Waals surface area (Å²) in [7, 11) is 0. The first-order chi connectivity index (χ1) is 12.3. The molecule has 1 saturated carbocycles. The number of aromatic nitrogens is 2. The third-order valence-electron chi connectivity index (χ3n) is 5.40. The molecule has 1 aromatic heterocycles. The number of ether oxygens (including phenoxy) is 2. The molecule has 1 amide bonds. The van der Waals surface area contributed by atoms with E-state index < -0.39 is 0 Å². The van der Waals surface area contributed by atoms with Gasteiger partial charge in [0, 0.05) is 38.7 Å². The number of carbonyl (C=O) groups excluding carboxylic acids is 1. The van der Waals surface area contributed by atoms with E-state index in [1.807, 2.05) is 4.90 Å². The van der Waals surface area contributed by atoms with Crippen LogP contribution in [0.5, 0.6) is 0 Å². The first-order valence-electron chi connectivity index (χ1n) is 9.59. The largest absolute Gasteiger partial charge is 0.381 e. The van der Waals surface area contributed by atoms with Gasteiger partial charge in [0.25, 0.3) is 0 Å². The van der Waals surface area contributed by atoms with Crippen LogP contribution in [0, 0.1) is 11.8 Å². The van der Waals surface area contributed by atoms with Crippen LogP contribution >= 0.6 is 0 Å². The number of carbonyl (C=O) groups is 1. The highest BCUT2D eigenvalue weighted by Gasteiger charge is 2.40. The van der Waals surface area contributed by atoms with Crippen molar-refractivity contribution in [1.82, 2.24) is 15.0 Å². The van der Waals surface area contributed by atoms with E-state index in [1.165, 1.54) is 0 Å². The van der Waals surface area contributed by atoms with E-state index in [-0.39, 0.29) is 17.9 Å². The summed E-state index contributed by atoms with van der Waals surface area (Å²) in [5.41, 5.74) is 0. The Morgan fingerprint density at radius 3 is 2.84 bits per heavy atom. The summed E-state index contributed by atoms with van der Waals surface area (Å²) in [4.78, 5) is 18.8. The monoisotopic (exact) mass is 349 g/mol. The molecular weight excluding hydrogens is 322 g/mol. The van der Waals surface area contributed by atoms with Gasteiger partial charge in [-0.1, -0.05) is 5.16 Å². The Bertz CT molecular complexity index is 581.